The van der Waals surface area contributed by atoms with E-state index in [9.17, 15) is 9.59 Å². The van der Waals surface area contributed by atoms with Crippen molar-refractivity contribution in [3.8, 4) is 0 Å². The Morgan fingerprint density at radius 3 is 2.67 bits per heavy atom. The maximum Gasteiger partial charge on any atom is 0.360 e. The first-order chi connectivity index (χ1) is 5.65. The van der Waals surface area contributed by atoms with Crippen molar-refractivity contribution in [1.82, 2.24) is 5.16 Å². The maximum absolute atomic E-state index is 10.8. The Morgan fingerprint density at radius 1 is 1.58 bits per heavy atom. The van der Waals surface area contributed by atoms with E-state index in [0.29, 0.717) is 0 Å². The van der Waals surface area contributed by atoms with Gasteiger partial charge >= 0.3 is 5.97 Å². The minimum absolute atomic E-state index is 0.00250. The highest BCUT2D eigenvalue weighted by atomic mass is 16.5. The van der Waals surface area contributed by atoms with Crippen molar-refractivity contribution in [2.45, 2.75) is 6.92 Å². The quantitative estimate of drug-likeness (QED) is 0.480. The molecular formula is C7H7NO4. The number of ether oxygens (including phenoxy) is 1. The fraction of sp³-hybridized carbons (Fsp3) is 0.286. The lowest BCUT2D eigenvalue weighted by Gasteiger charge is -1.88. The first-order valence-corrected chi connectivity index (χ1v) is 3.21. The van der Waals surface area contributed by atoms with Crippen LogP contribution in [0.15, 0.2) is 10.6 Å². The molecule has 64 valence electrons. The van der Waals surface area contributed by atoms with E-state index in [1.807, 2.05) is 0 Å². The molecule has 0 aliphatic carbocycles. The van der Waals surface area contributed by atoms with Crippen molar-refractivity contribution in [2.24, 2.45) is 0 Å². The highest BCUT2D eigenvalue weighted by Crippen LogP contribution is 2.04. The number of carbonyl (C=O) groups excluding carboxylic acids is 2. The van der Waals surface area contributed by atoms with E-state index in [-0.39, 0.29) is 17.2 Å². The van der Waals surface area contributed by atoms with E-state index in [0.717, 1.165) is 0 Å². The summed E-state index contributed by atoms with van der Waals surface area (Å²) in [6.45, 7) is 1.32. The van der Waals surface area contributed by atoms with E-state index in [2.05, 4.69) is 14.4 Å². The van der Waals surface area contributed by atoms with Crippen LogP contribution >= 0.6 is 0 Å². The SMILES string of the molecule is COC(=O)c1cc(C(C)=O)on1. The Kier molecular flexibility index (Phi) is 2.23. The number of aromatic nitrogens is 1. The van der Waals surface area contributed by atoms with Gasteiger partial charge in [0.05, 0.1) is 7.11 Å². The molecule has 1 aromatic rings. The molecule has 1 rings (SSSR count). The molecule has 0 radical (unpaired) electrons. The third kappa shape index (κ3) is 1.50. The van der Waals surface area contributed by atoms with Gasteiger partial charge in [-0.2, -0.15) is 0 Å². The lowest BCUT2D eigenvalue weighted by molar-refractivity contribution is 0.0588. The van der Waals surface area contributed by atoms with Crippen LogP contribution in [0.2, 0.25) is 0 Å². The molecule has 0 unspecified atom stereocenters. The van der Waals surface area contributed by atoms with Gasteiger partial charge in [-0.15, -0.1) is 0 Å². The minimum Gasteiger partial charge on any atom is -0.464 e. The number of hydrogen-bond donors (Lipinski definition) is 0. The molecule has 0 aliphatic heterocycles. The zero-order valence-corrected chi connectivity index (χ0v) is 6.66. The maximum atomic E-state index is 10.8. The van der Waals surface area contributed by atoms with E-state index < -0.39 is 5.97 Å². The largest absolute Gasteiger partial charge is 0.464 e. The number of methoxy groups -OCH3 is 1. The van der Waals surface area contributed by atoms with Crippen LogP contribution in [0.1, 0.15) is 28.0 Å². The van der Waals surface area contributed by atoms with Gasteiger partial charge in [0.1, 0.15) is 0 Å². The molecule has 0 aliphatic rings. The normalized spacial score (nSPS) is 9.50. The van der Waals surface area contributed by atoms with Gasteiger partial charge in [0.15, 0.2) is 11.5 Å². The van der Waals surface area contributed by atoms with Gasteiger partial charge in [0.25, 0.3) is 0 Å². The van der Waals surface area contributed by atoms with Crippen LogP contribution in [0.4, 0.5) is 0 Å². The van der Waals surface area contributed by atoms with Crippen LogP contribution in [-0.4, -0.2) is 24.0 Å². The van der Waals surface area contributed by atoms with Crippen molar-refractivity contribution < 1.29 is 18.8 Å². The number of carbonyl (C=O) groups is 2. The number of esters is 1. The monoisotopic (exact) mass is 169 g/mol. The van der Waals surface area contributed by atoms with Crippen LogP contribution in [0.25, 0.3) is 0 Å². The van der Waals surface area contributed by atoms with Crippen molar-refractivity contribution >= 4 is 11.8 Å². The summed E-state index contributed by atoms with van der Waals surface area (Å²) in [6.07, 6.45) is 0. The third-order valence-electron chi connectivity index (χ3n) is 1.25. The molecule has 0 N–H and O–H groups in total. The molecule has 0 aromatic carbocycles. The summed E-state index contributed by atoms with van der Waals surface area (Å²) in [5.74, 6) is -0.848. The van der Waals surface area contributed by atoms with Gasteiger partial charge in [0, 0.05) is 13.0 Å². The van der Waals surface area contributed by atoms with Crippen molar-refractivity contribution in [2.75, 3.05) is 7.11 Å². The number of ketones is 1. The smallest absolute Gasteiger partial charge is 0.360 e. The Bertz CT molecular complexity index is 315. The number of Topliss-reactive ketones (excluding diaryl/α,β-unsaturated/α-hetero) is 1. The van der Waals surface area contributed by atoms with Crippen LogP contribution in [0.5, 0.6) is 0 Å². The standard InChI is InChI=1S/C7H7NO4/c1-4(9)6-3-5(8-12-6)7(10)11-2/h3H,1-2H3. The van der Waals surface area contributed by atoms with Crippen LogP contribution < -0.4 is 0 Å². The molecule has 1 aromatic heterocycles. The molecule has 12 heavy (non-hydrogen) atoms. The summed E-state index contributed by atoms with van der Waals surface area (Å²) in [6, 6.07) is 1.24. The first-order valence-electron chi connectivity index (χ1n) is 3.21. The van der Waals surface area contributed by atoms with E-state index in [1.54, 1.807) is 0 Å². The second-order valence-corrected chi connectivity index (χ2v) is 2.12. The zero-order valence-electron chi connectivity index (χ0n) is 6.66. The Balaban J connectivity index is 2.91. The molecule has 0 saturated heterocycles. The first kappa shape index (κ1) is 8.45. The minimum atomic E-state index is -0.619. The van der Waals surface area contributed by atoms with Crippen LogP contribution in [-0.2, 0) is 4.74 Å². The molecule has 0 amide bonds. The highest BCUT2D eigenvalue weighted by Gasteiger charge is 2.14. The lowest BCUT2D eigenvalue weighted by atomic mass is 10.3. The summed E-state index contributed by atoms with van der Waals surface area (Å²) >= 11 is 0. The highest BCUT2D eigenvalue weighted by molar-refractivity contribution is 5.94. The summed E-state index contributed by atoms with van der Waals surface area (Å²) in [5.41, 5.74) is 0.00250. The second-order valence-electron chi connectivity index (χ2n) is 2.12. The van der Waals surface area contributed by atoms with Gasteiger partial charge in [-0.05, 0) is 0 Å². The summed E-state index contributed by atoms with van der Waals surface area (Å²) in [7, 11) is 1.23. The van der Waals surface area contributed by atoms with Crippen molar-refractivity contribution in [3.63, 3.8) is 0 Å². The molecule has 1 heterocycles. The molecule has 0 fully saturated rings. The predicted octanol–water partition coefficient (Wildman–Crippen LogP) is 0.664. The van der Waals surface area contributed by atoms with Crippen LogP contribution in [0, 0.1) is 0 Å². The number of hydrogen-bond acceptors (Lipinski definition) is 5. The molecule has 0 atom stereocenters. The second kappa shape index (κ2) is 3.17. The molecule has 0 spiro atoms. The third-order valence-corrected chi connectivity index (χ3v) is 1.25. The van der Waals surface area contributed by atoms with Gasteiger partial charge in [-0.1, -0.05) is 5.16 Å². The van der Waals surface area contributed by atoms with Gasteiger partial charge in [-0.3, -0.25) is 4.79 Å². The van der Waals surface area contributed by atoms with Gasteiger partial charge < -0.3 is 9.26 Å². The topological polar surface area (TPSA) is 69.4 Å². The average molecular weight is 169 g/mol. The number of rotatable bonds is 2. The molecule has 0 bridgehead atoms. The summed E-state index contributed by atoms with van der Waals surface area (Å²) < 4.78 is 8.91. The van der Waals surface area contributed by atoms with E-state index in [1.165, 1.54) is 20.1 Å². The van der Waals surface area contributed by atoms with E-state index in [4.69, 9.17) is 0 Å². The molecule has 0 saturated carbocycles. The Hall–Kier alpha value is -1.65. The van der Waals surface area contributed by atoms with Crippen molar-refractivity contribution in [1.29, 1.82) is 0 Å². The lowest BCUT2D eigenvalue weighted by Crippen LogP contribution is -2.00. The fourth-order valence-electron chi connectivity index (χ4n) is 0.642. The Morgan fingerprint density at radius 2 is 2.25 bits per heavy atom. The Labute approximate surface area is 68.3 Å². The summed E-state index contributed by atoms with van der Waals surface area (Å²) in [4.78, 5) is 21.5. The van der Waals surface area contributed by atoms with Crippen LogP contribution in [0.3, 0.4) is 0 Å². The predicted molar refractivity (Wildman–Crippen MR) is 37.8 cm³/mol. The molecule has 5 nitrogen and oxygen atoms in total. The van der Waals surface area contributed by atoms with Gasteiger partial charge in [-0.25, -0.2) is 4.79 Å². The van der Waals surface area contributed by atoms with E-state index >= 15 is 0 Å². The molecular weight excluding hydrogens is 162 g/mol. The molecule has 5 heteroatoms. The number of nitrogens with zero attached hydrogens (tertiary/aromatic N) is 1. The fourth-order valence-corrected chi connectivity index (χ4v) is 0.642. The van der Waals surface area contributed by atoms with Gasteiger partial charge in [0.2, 0.25) is 5.76 Å². The van der Waals surface area contributed by atoms with Crippen molar-refractivity contribution in [3.05, 3.63) is 17.5 Å². The average Bonchev–Trinajstić information content (AvgIpc) is 2.51. The zero-order chi connectivity index (χ0) is 9.14. The summed E-state index contributed by atoms with van der Waals surface area (Å²) in [5, 5.41) is 3.34.